The van der Waals surface area contributed by atoms with E-state index in [1.54, 1.807) is 14.2 Å². The summed E-state index contributed by atoms with van der Waals surface area (Å²) in [5.41, 5.74) is 0. The summed E-state index contributed by atoms with van der Waals surface area (Å²) < 4.78 is 15.1. The molecule has 0 spiro atoms. The molecule has 14 heavy (non-hydrogen) atoms. The molecule has 0 heterocycles. The SMILES string of the molecule is COCCOCCCCC(Cl)COC. The van der Waals surface area contributed by atoms with Crippen LogP contribution in [0.3, 0.4) is 0 Å². The molecule has 1 unspecified atom stereocenters. The minimum Gasteiger partial charge on any atom is -0.383 e. The lowest BCUT2D eigenvalue weighted by atomic mass is 10.2. The predicted octanol–water partition coefficient (Wildman–Crippen LogP) is 2.07. The highest BCUT2D eigenvalue weighted by Crippen LogP contribution is 2.07. The van der Waals surface area contributed by atoms with Crippen LogP contribution in [0.4, 0.5) is 0 Å². The third-order valence-corrected chi connectivity index (χ3v) is 2.18. The van der Waals surface area contributed by atoms with E-state index in [2.05, 4.69) is 0 Å². The van der Waals surface area contributed by atoms with Gasteiger partial charge in [-0.1, -0.05) is 0 Å². The number of rotatable bonds is 10. The van der Waals surface area contributed by atoms with Crippen molar-refractivity contribution in [2.75, 3.05) is 40.6 Å². The molecule has 0 bridgehead atoms. The Morgan fingerprint density at radius 3 is 2.43 bits per heavy atom. The molecule has 0 aromatic heterocycles. The van der Waals surface area contributed by atoms with Gasteiger partial charge >= 0.3 is 0 Å². The highest BCUT2D eigenvalue weighted by molar-refractivity contribution is 6.20. The van der Waals surface area contributed by atoms with E-state index >= 15 is 0 Å². The average Bonchev–Trinajstić information content (AvgIpc) is 2.17. The van der Waals surface area contributed by atoms with Gasteiger partial charge in [-0.15, -0.1) is 11.6 Å². The summed E-state index contributed by atoms with van der Waals surface area (Å²) in [5, 5.41) is 0.138. The number of halogens is 1. The van der Waals surface area contributed by atoms with Gasteiger partial charge in [-0.2, -0.15) is 0 Å². The predicted molar refractivity (Wildman–Crippen MR) is 58.1 cm³/mol. The second-order valence-corrected chi connectivity index (χ2v) is 3.77. The van der Waals surface area contributed by atoms with Crippen LogP contribution in [0.25, 0.3) is 0 Å². The molecule has 0 aromatic rings. The van der Waals surface area contributed by atoms with Crippen molar-refractivity contribution in [3.63, 3.8) is 0 Å². The molecule has 0 aromatic carbocycles. The molecule has 0 saturated heterocycles. The molecule has 0 saturated carbocycles. The van der Waals surface area contributed by atoms with Crippen molar-refractivity contribution in [2.24, 2.45) is 0 Å². The summed E-state index contributed by atoms with van der Waals surface area (Å²) in [5.74, 6) is 0. The highest BCUT2D eigenvalue weighted by Gasteiger charge is 2.02. The maximum absolute atomic E-state index is 5.96. The first kappa shape index (κ1) is 14.2. The molecular formula is C10H21ClO3. The lowest BCUT2D eigenvalue weighted by molar-refractivity contribution is 0.0684. The Balaban J connectivity index is 2.98. The van der Waals surface area contributed by atoms with Crippen LogP contribution < -0.4 is 0 Å². The molecule has 3 nitrogen and oxygen atoms in total. The van der Waals surface area contributed by atoms with Crippen molar-refractivity contribution in [3.8, 4) is 0 Å². The minimum absolute atomic E-state index is 0.138. The normalized spacial score (nSPS) is 13.1. The number of alkyl halides is 1. The van der Waals surface area contributed by atoms with Crippen LogP contribution in [-0.2, 0) is 14.2 Å². The van der Waals surface area contributed by atoms with E-state index in [0.717, 1.165) is 25.9 Å². The van der Waals surface area contributed by atoms with Crippen molar-refractivity contribution in [3.05, 3.63) is 0 Å². The van der Waals surface area contributed by atoms with Gasteiger partial charge in [-0.3, -0.25) is 0 Å². The minimum atomic E-state index is 0.138. The summed E-state index contributed by atoms with van der Waals surface area (Å²) in [6.07, 6.45) is 3.13. The van der Waals surface area contributed by atoms with E-state index in [0.29, 0.717) is 19.8 Å². The Hall–Kier alpha value is 0.170. The van der Waals surface area contributed by atoms with Gasteiger partial charge < -0.3 is 14.2 Å². The van der Waals surface area contributed by atoms with Crippen LogP contribution in [0.5, 0.6) is 0 Å². The van der Waals surface area contributed by atoms with E-state index < -0.39 is 0 Å². The number of hydrogen-bond donors (Lipinski definition) is 0. The maximum atomic E-state index is 5.96. The van der Waals surface area contributed by atoms with Crippen molar-refractivity contribution < 1.29 is 14.2 Å². The Bertz CT molecular complexity index is 112. The first-order chi connectivity index (χ1) is 6.81. The fraction of sp³-hybridized carbons (Fsp3) is 1.00. The topological polar surface area (TPSA) is 27.7 Å². The zero-order chi connectivity index (χ0) is 10.6. The van der Waals surface area contributed by atoms with Gasteiger partial charge in [-0.25, -0.2) is 0 Å². The summed E-state index contributed by atoms with van der Waals surface area (Å²) in [4.78, 5) is 0. The van der Waals surface area contributed by atoms with E-state index in [1.807, 2.05) is 0 Å². The zero-order valence-electron chi connectivity index (χ0n) is 9.13. The van der Waals surface area contributed by atoms with Gasteiger partial charge in [0.05, 0.1) is 25.2 Å². The average molecular weight is 225 g/mol. The number of ether oxygens (including phenoxy) is 3. The van der Waals surface area contributed by atoms with Gasteiger partial charge in [0.15, 0.2) is 0 Å². The Kier molecular flexibility index (Phi) is 11.4. The maximum Gasteiger partial charge on any atom is 0.0700 e. The van der Waals surface area contributed by atoms with Crippen molar-refractivity contribution in [1.82, 2.24) is 0 Å². The lowest BCUT2D eigenvalue weighted by Crippen LogP contribution is -2.08. The summed E-state index contributed by atoms with van der Waals surface area (Å²) in [6.45, 7) is 2.77. The van der Waals surface area contributed by atoms with E-state index in [4.69, 9.17) is 25.8 Å². The zero-order valence-corrected chi connectivity index (χ0v) is 9.89. The molecule has 0 N–H and O–H groups in total. The van der Waals surface area contributed by atoms with Crippen LogP contribution >= 0.6 is 11.6 Å². The van der Waals surface area contributed by atoms with Crippen molar-refractivity contribution in [2.45, 2.75) is 24.6 Å². The van der Waals surface area contributed by atoms with Gasteiger partial charge in [0.1, 0.15) is 0 Å². The fourth-order valence-corrected chi connectivity index (χ4v) is 1.36. The number of hydrogen-bond acceptors (Lipinski definition) is 3. The summed E-state index contributed by atoms with van der Waals surface area (Å²) in [7, 11) is 3.34. The molecule has 0 radical (unpaired) electrons. The molecular weight excluding hydrogens is 204 g/mol. The molecule has 1 atom stereocenters. The quantitative estimate of drug-likeness (QED) is 0.420. The molecule has 0 rings (SSSR count). The monoisotopic (exact) mass is 224 g/mol. The Labute approximate surface area is 91.7 Å². The molecule has 0 aliphatic rings. The van der Waals surface area contributed by atoms with Crippen LogP contribution in [0.1, 0.15) is 19.3 Å². The van der Waals surface area contributed by atoms with Crippen LogP contribution in [0, 0.1) is 0 Å². The van der Waals surface area contributed by atoms with Crippen molar-refractivity contribution in [1.29, 1.82) is 0 Å². The van der Waals surface area contributed by atoms with E-state index in [9.17, 15) is 0 Å². The largest absolute Gasteiger partial charge is 0.383 e. The van der Waals surface area contributed by atoms with E-state index in [-0.39, 0.29) is 5.38 Å². The third-order valence-electron chi connectivity index (χ3n) is 1.84. The van der Waals surface area contributed by atoms with Gasteiger partial charge in [0, 0.05) is 20.8 Å². The van der Waals surface area contributed by atoms with Crippen LogP contribution in [-0.4, -0.2) is 46.0 Å². The summed E-state index contributed by atoms with van der Waals surface area (Å²) in [6, 6.07) is 0. The first-order valence-corrected chi connectivity index (χ1v) is 5.44. The molecule has 0 aliphatic heterocycles. The third kappa shape index (κ3) is 10.3. The summed E-state index contributed by atoms with van der Waals surface area (Å²) >= 11 is 5.96. The van der Waals surface area contributed by atoms with Crippen molar-refractivity contribution >= 4 is 11.6 Å². The first-order valence-electron chi connectivity index (χ1n) is 5.01. The second-order valence-electron chi connectivity index (χ2n) is 3.15. The molecule has 0 amide bonds. The van der Waals surface area contributed by atoms with Crippen LogP contribution in [0.15, 0.2) is 0 Å². The molecule has 0 fully saturated rings. The van der Waals surface area contributed by atoms with Gasteiger partial charge in [0.2, 0.25) is 0 Å². The smallest absolute Gasteiger partial charge is 0.0700 e. The number of unbranched alkanes of at least 4 members (excludes halogenated alkanes) is 1. The van der Waals surface area contributed by atoms with Gasteiger partial charge in [-0.05, 0) is 19.3 Å². The standard InChI is InChI=1S/C10H21ClO3/c1-12-7-8-14-6-4-3-5-10(11)9-13-2/h10H,3-9H2,1-2H3. The lowest BCUT2D eigenvalue weighted by Gasteiger charge is -2.07. The molecule has 86 valence electrons. The molecule has 4 heteroatoms. The second kappa shape index (κ2) is 11.2. The Morgan fingerprint density at radius 1 is 1.00 bits per heavy atom. The van der Waals surface area contributed by atoms with E-state index in [1.165, 1.54) is 0 Å². The van der Waals surface area contributed by atoms with Crippen LogP contribution in [0.2, 0.25) is 0 Å². The Morgan fingerprint density at radius 2 is 1.79 bits per heavy atom. The number of methoxy groups -OCH3 is 2. The molecule has 0 aliphatic carbocycles. The fourth-order valence-electron chi connectivity index (χ4n) is 1.08. The highest BCUT2D eigenvalue weighted by atomic mass is 35.5. The van der Waals surface area contributed by atoms with Gasteiger partial charge in [0.25, 0.3) is 0 Å².